The number of hydrogen-bond acceptors (Lipinski definition) is 5. The number of esters is 2. The molecule has 0 bridgehead atoms. The van der Waals surface area contributed by atoms with Gasteiger partial charge in [-0.2, -0.15) is 0 Å². The Hall–Kier alpha value is -2.70. The monoisotopic (exact) mass is 336 g/mol. The Morgan fingerprint density at radius 2 is 1.71 bits per heavy atom. The van der Waals surface area contributed by atoms with E-state index in [0.717, 1.165) is 31.0 Å². The summed E-state index contributed by atoms with van der Waals surface area (Å²) in [7, 11) is 0. The van der Waals surface area contributed by atoms with Crippen molar-refractivity contribution in [3.63, 3.8) is 0 Å². The van der Waals surface area contributed by atoms with E-state index in [2.05, 4.69) is 0 Å². The minimum absolute atomic E-state index is 0.273. The zero-order valence-corrected chi connectivity index (χ0v) is 13.6. The van der Waals surface area contributed by atoms with Crippen LogP contribution in [0, 0.1) is 5.92 Å². The van der Waals surface area contributed by atoms with Crippen LogP contribution in [0.2, 0.25) is 0 Å². The third-order valence-electron chi connectivity index (χ3n) is 3.64. The first kappa shape index (κ1) is 19.3. The lowest BCUT2D eigenvalue weighted by atomic mass is 9.99. The Morgan fingerprint density at radius 1 is 1.04 bits per heavy atom. The van der Waals surface area contributed by atoms with Gasteiger partial charge in [-0.1, -0.05) is 26.7 Å². The number of ether oxygens (including phenoxy) is 1. The Kier molecular flexibility index (Phi) is 7.10. The minimum atomic E-state index is -1.48. The standard InChI is InChI=1S/C17H20O7/c1-3-5-6-10(4-2)16(22)24-17(23)12-8-7-11(14(18)19)9-13(12)15(20)21/h7-10H,3-6H2,1-2H3,(H,18,19)(H,20,21). The molecular weight excluding hydrogens is 316 g/mol. The Balaban J connectivity index is 3.00. The maximum Gasteiger partial charge on any atom is 0.346 e. The van der Waals surface area contributed by atoms with Crippen LogP contribution in [-0.4, -0.2) is 34.1 Å². The van der Waals surface area contributed by atoms with Gasteiger partial charge in [0, 0.05) is 0 Å². The number of hydrogen-bond donors (Lipinski definition) is 2. The van der Waals surface area contributed by atoms with E-state index in [1.807, 2.05) is 6.92 Å². The van der Waals surface area contributed by atoms with Crippen LogP contribution >= 0.6 is 0 Å². The molecule has 0 heterocycles. The van der Waals surface area contributed by atoms with E-state index in [1.165, 1.54) is 0 Å². The van der Waals surface area contributed by atoms with Crippen LogP contribution in [0.3, 0.4) is 0 Å². The fourth-order valence-electron chi connectivity index (χ4n) is 2.20. The average Bonchev–Trinajstić information content (AvgIpc) is 2.54. The summed E-state index contributed by atoms with van der Waals surface area (Å²) >= 11 is 0. The normalized spacial score (nSPS) is 11.6. The molecule has 0 radical (unpaired) electrons. The zero-order valence-electron chi connectivity index (χ0n) is 13.6. The summed E-state index contributed by atoms with van der Waals surface area (Å²) in [4.78, 5) is 46.3. The smallest absolute Gasteiger partial charge is 0.346 e. The summed E-state index contributed by atoms with van der Waals surface area (Å²) in [5.41, 5.74) is -1.15. The highest BCUT2D eigenvalue weighted by atomic mass is 16.6. The molecule has 130 valence electrons. The molecule has 1 aromatic rings. The quantitative estimate of drug-likeness (QED) is 0.553. The summed E-state index contributed by atoms with van der Waals surface area (Å²) in [6, 6.07) is 2.99. The molecule has 0 fully saturated rings. The number of carbonyl (C=O) groups is 4. The molecule has 0 aliphatic rings. The van der Waals surface area contributed by atoms with Gasteiger partial charge in [-0.05, 0) is 31.0 Å². The molecule has 1 aromatic carbocycles. The van der Waals surface area contributed by atoms with Gasteiger partial charge in [0.05, 0.1) is 22.6 Å². The van der Waals surface area contributed by atoms with Crippen LogP contribution in [0.1, 0.15) is 70.6 Å². The van der Waals surface area contributed by atoms with E-state index >= 15 is 0 Å². The highest BCUT2D eigenvalue weighted by molar-refractivity contribution is 6.06. The molecule has 7 nitrogen and oxygen atoms in total. The summed E-state index contributed by atoms with van der Waals surface area (Å²) in [6.45, 7) is 3.78. The number of unbranched alkanes of at least 4 members (excludes halogenated alkanes) is 1. The highest BCUT2D eigenvalue weighted by Crippen LogP contribution is 2.18. The highest BCUT2D eigenvalue weighted by Gasteiger charge is 2.25. The molecule has 2 N–H and O–H groups in total. The van der Waals surface area contributed by atoms with E-state index in [1.54, 1.807) is 6.92 Å². The van der Waals surface area contributed by atoms with Gasteiger partial charge in [-0.3, -0.25) is 4.79 Å². The van der Waals surface area contributed by atoms with Crippen LogP contribution in [0.15, 0.2) is 18.2 Å². The number of aromatic carboxylic acids is 2. The molecule has 1 rings (SSSR count). The first-order valence-corrected chi connectivity index (χ1v) is 7.68. The Labute approximate surface area is 139 Å². The summed E-state index contributed by atoms with van der Waals surface area (Å²) in [5, 5.41) is 18.0. The molecule has 0 saturated heterocycles. The van der Waals surface area contributed by atoms with E-state index in [9.17, 15) is 19.2 Å². The van der Waals surface area contributed by atoms with Crippen molar-refractivity contribution in [2.75, 3.05) is 0 Å². The molecule has 0 aliphatic carbocycles. The fraction of sp³-hybridized carbons (Fsp3) is 0.412. The predicted molar refractivity (Wildman–Crippen MR) is 84.1 cm³/mol. The summed E-state index contributed by atoms with van der Waals surface area (Å²) < 4.78 is 4.79. The van der Waals surface area contributed by atoms with Gasteiger partial charge >= 0.3 is 23.9 Å². The first-order chi connectivity index (χ1) is 11.3. The molecule has 7 heteroatoms. The Morgan fingerprint density at radius 3 is 2.21 bits per heavy atom. The topological polar surface area (TPSA) is 118 Å². The number of carboxylic acid groups (broad SMARTS) is 2. The van der Waals surface area contributed by atoms with Gasteiger partial charge in [0.1, 0.15) is 0 Å². The van der Waals surface area contributed by atoms with Gasteiger partial charge in [0.25, 0.3) is 0 Å². The summed E-state index contributed by atoms with van der Waals surface area (Å²) in [6.07, 6.45) is 2.81. The van der Waals surface area contributed by atoms with Crippen molar-refractivity contribution in [1.82, 2.24) is 0 Å². The molecular formula is C17H20O7. The van der Waals surface area contributed by atoms with E-state index in [4.69, 9.17) is 14.9 Å². The van der Waals surface area contributed by atoms with Crippen molar-refractivity contribution in [3.05, 3.63) is 34.9 Å². The summed E-state index contributed by atoms with van der Waals surface area (Å²) in [5.74, 6) is -5.02. The predicted octanol–water partition coefficient (Wildman–Crippen LogP) is 2.98. The lowest BCUT2D eigenvalue weighted by Gasteiger charge is -2.13. The maximum absolute atomic E-state index is 12.1. The third kappa shape index (κ3) is 4.91. The van der Waals surface area contributed by atoms with Crippen molar-refractivity contribution in [2.24, 2.45) is 5.92 Å². The third-order valence-corrected chi connectivity index (χ3v) is 3.64. The molecule has 1 atom stereocenters. The lowest BCUT2D eigenvalue weighted by Crippen LogP contribution is -2.22. The van der Waals surface area contributed by atoms with E-state index < -0.39 is 35.4 Å². The van der Waals surface area contributed by atoms with Crippen LogP contribution in [0.4, 0.5) is 0 Å². The van der Waals surface area contributed by atoms with Gasteiger partial charge in [-0.25, -0.2) is 14.4 Å². The van der Waals surface area contributed by atoms with Crippen LogP contribution in [0.5, 0.6) is 0 Å². The second-order valence-electron chi connectivity index (χ2n) is 5.33. The molecule has 24 heavy (non-hydrogen) atoms. The van der Waals surface area contributed by atoms with Gasteiger partial charge in [-0.15, -0.1) is 0 Å². The van der Waals surface area contributed by atoms with Gasteiger partial charge in [0.2, 0.25) is 0 Å². The van der Waals surface area contributed by atoms with E-state index in [0.29, 0.717) is 12.8 Å². The number of carbonyl (C=O) groups excluding carboxylic acids is 2. The van der Waals surface area contributed by atoms with Crippen molar-refractivity contribution in [1.29, 1.82) is 0 Å². The molecule has 0 spiro atoms. The largest absolute Gasteiger partial charge is 0.478 e. The van der Waals surface area contributed by atoms with Crippen molar-refractivity contribution in [2.45, 2.75) is 39.5 Å². The van der Waals surface area contributed by atoms with Crippen LogP contribution < -0.4 is 0 Å². The van der Waals surface area contributed by atoms with Gasteiger partial charge < -0.3 is 14.9 Å². The van der Waals surface area contributed by atoms with Gasteiger partial charge in [0.15, 0.2) is 0 Å². The first-order valence-electron chi connectivity index (χ1n) is 7.68. The molecule has 0 aromatic heterocycles. The second-order valence-corrected chi connectivity index (χ2v) is 5.33. The van der Waals surface area contributed by atoms with Crippen LogP contribution in [0.25, 0.3) is 0 Å². The maximum atomic E-state index is 12.1. The molecule has 0 aliphatic heterocycles. The van der Waals surface area contributed by atoms with Crippen molar-refractivity contribution < 1.29 is 34.1 Å². The Bertz CT molecular complexity index is 648. The average molecular weight is 336 g/mol. The number of carboxylic acids is 2. The molecule has 0 saturated carbocycles. The minimum Gasteiger partial charge on any atom is -0.478 e. The van der Waals surface area contributed by atoms with E-state index in [-0.39, 0.29) is 11.1 Å². The zero-order chi connectivity index (χ0) is 18.3. The second kappa shape index (κ2) is 8.81. The van der Waals surface area contributed by atoms with Crippen molar-refractivity contribution in [3.8, 4) is 0 Å². The molecule has 0 amide bonds. The van der Waals surface area contributed by atoms with Crippen LogP contribution in [-0.2, 0) is 9.53 Å². The SMILES string of the molecule is CCCCC(CC)C(=O)OC(=O)c1ccc(C(=O)O)cc1C(=O)O. The number of benzene rings is 1. The number of rotatable bonds is 8. The fourth-order valence-corrected chi connectivity index (χ4v) is 2.20. The molecule has 1 unspecified atom stereocenters. The van der Waals surface area contributed by atoms with Crippen molar-refractivity contribution >= 4 is 23.9 Å². The lowest BCUT2D eigenvalue weighted by molar-refractivity contribution is -0.143.